The van der Waals surface area contributed by atoms with Crippen molar-refractivity contribution >= 4 is 5.97 Å². The number of ether oxygens (including phenoxy) is 1. The maximum Gasteiger partial charge on any atom is 0.573 e. The molecule has 17 heavy (non-hydrogen) atoms. The molecule has 0 spiro atoms. The molecule has 1 aromatic rings. The molecule has 0 aliphatic carbocycles. The fourth-order valence-corrected chi connectivity index (χ4v) is 1.18. The Bertz CT molecular complexity index is 415. The van der Waals surface area contributed by atoms with E-state index in [2.05, 4.69) is 4.74 Å². The van der Waals surface area contributed by atoms with E-state index in [-0.39, 0.29) is 12.8 Å². The molecule has 4 nitrogen and oxygen atoms in total. The quantitative estimate of drug-likeness (QED) is 0.860. The predicted molar refractivity (Wildman–Crippen MR) is 50.7 cm³/mol. The summed E-state index contributed by atoms with van der Waals surface area (Å²) in [6.45, 7) is 0. The van der Waals surface area contributed by atoms with E-state index in [4.69, 9.17) is 5.11 Å². The molecule has 0 unspecified atom stereocenters. The minimum atomic E-state index is -4.87. The highest BCUT2D eigenvalue weighted by Gasteiger charge is 2.32. The normalized spacial score (nSPS) is 11.2. The van der Waals surface area contributed by atoms with Gasteiger partial charge in [-0.1, -0.05) is 6.07 Å². The van der Waals surface area contributed by atoms with Crippen molar-refractivity contribution in [3.8, 4) is 11.5 Å². The van der Waals surface area contributed by atoms with Crippen molar-refractivity contribution in [1.82, 2.24) is 0 Å². The Balaban J connectivity index is 2.76. The second-order valence-corrected chi connectivity index (χ2v) is 3.24. The number of benzene rings is 1. The van der Waals surface area contributed by atoms with Gasteiger partial charge in [0.1, 0.15) is 0 Å². The number of carboxylic acids is 1. The minimum absolute atomic E-state index is 0.120. The monoisotopic (exact) mass is 250 g/mol. The molecular formula is C10H9F3O4. The van der Waals surface area contributed by atoms with E-state index in [1.807, 2.05) is 0 Å². The van der Waals surface area contributed by atoms with Gasteiger partial charge in [-0.25, -0.2) is 0 Å². The number of aliphatic carboxylic acids is 1. The molecule has 0 aromatic heterocycles. The van der Waals surface area contributed by atoms with E-state index in [0.29, 0.717) is 5.56 Å². The summed E-state index contributed by atoms with van der Waals surface area (Å²) in [7, 11) is 0. The molecule has 0 saturated heterocycles. The fourth-order valence-electron chi connectivity index (χ4n) is 1.18. The maximum atomic E-state index is 11.9. The third-order valence-electron chi connectivity index (χ3n) is 1.88. The van der Waals surface area contributed by atoms with Gasteiger partial charge in [-0.15, -0.1) is 13.2 Å². The SMILES string of the molecule is O=C(O)CCc1ccc(OC(F)(F)F)c(O)c1. The Hall–Kier alpha value is -1.92. The molecule has 2 N–H and O–H groups in total. The maximum absolute atomic E-state index is 11.9. The molecule has 94 valence electrons. The lowest BCUT2D eigenvalue weighted by atomic mass is 10.1. The standard InChI is InChI=1S/C10H9F3O4/c11-10(12,13)17-8-3-1-6(5-7(8)14)2-4-9(15)16/h1,3,5,14H,2,4H2,(H,15,16). The van der Waals surface area contributed by atoms with E-state index < -0.39 is 23.8 Å². The zero-order valence-electron chi connectivity index (χ0n) is 8.49. The third-order valence-corrected chi connectivity index (χ3v) is 1.88. The summed E-state index contributed by atoms with van der Waals surface area (Å²) in [5.74, 6) is -2.41. The smallest absolute Gasteiger partial charge is 0.504 e. The van der Waals surface area contributed by atoms with Crippen molar-refractivity contribution in [1.29, 1.82) is 0 Å². The van der Waals surface area contributed by atoms with Gasteiger partial charge in [-0.2, -0.15) is 0 Å². The van der Waals surface area contributed by atoms with E-state index in [1.165, 1.54) is 6.07 Å². The number of hydrogen-bond donors (Lipinski definition) is 2. The van der Waals surface area contributed by atoms with Gasteiger partial charge in [-0.05, 0) is 24.1 Å². The van der Waals surface area contributed by atoms with E-state index in [1.54, 1.807) is 0 Å². The van der Waals surface area contributed by atoms with Gasteiger partial charge >= 0.3 is 12.3 Å². The van der Waals surface area contributed by atoms with Gasteiger partial charge in [-0.3, -0.25) is 4.79 Å². The number of halogens is 3. The van der Waals surface area contributed by atoms with Crippen LogP contribution in [0.2, 0.25) is 0 Å². The van der Waals surface area contributed by atoms with Crippen LogP contribution in [0, 0.1) is 0 Å². The van der Waals surface area contributed by atoms with Gasteiger partial charge in [0.15, 0.2) is 11.5 Å². The largest absolute Gasteiger partial charge is 0.573 e. The van der Waals surface area contributed by atoms with Crippen LogP contribution in [-0.2, 0) is 11.2 Å². The molecule has 0 saturated carbocycles. The lowest BCUT2D eigenvalue weighted by Crippen LogP contribution is -2.17. The van der Waals surface area contributed by atoms with Crippen LogP contribution in [0.25, 0.3) is 0 Å². The second-order valence-electron chi connectivity index (χ2n) is 3.24. The summed E-state index contributed by atoms with van der Waals surface area (Å²) in [4.78, 5) is 10.3. The lowest BCUT2D eigenvalue weighted by Gasteiger charge is -2.10. The molecule has 1 aromatic carbocycles. The molecule has 1 rings (SSSR count). The molecule has 0 fully saturated rings. The van der Waals surface area contributed by atoms with Crippen molar-refractivity contribution in [3.63, 3.8) is 0 Å². The Morgan fingerprint density at radius 1 is 1.35 bits per heavy atom. The first-order valence-electron chi connectivity index (χ1n) is 4.57. The topological polar surface area (TPSA) is 66.8 Å². The average Bonchev–Trinajstić information content (AvgIpc) is 2.17. The number of aryl methyl sites for hydroxylation is 1. The van der Waals surface area contributed by atoms with Crippen molar-refractivity contribution < 1.29 is 32.9 Å². The zero-order chi connectivity index (χ0) is 13.1. The summed E-state index contributed by atoms with van der Waals surface area (Å²) in [5.41, 5.74) is 0.416. The number of alkyl halides is 3. The molecular weight excluding hydrogens is 241 g/mol. The molecule has 0 atom stereocenters. The summed E-state index contributed by atoms with van der Waals surface area (Å²) >= 11 is 0. The summed E-state index contributed by atoms with van der Waals surface area (Å²) in [5, 5.41) is 17.7. The van der Waals surface area contributed by atoms with Crippen LogP contribution in [-0.4, -0.2) is 22.5 Å². The zero-order valence-corrected chi connectivity index (χ0v) is 8.49. The van der Waals surface area contributed by atoms with Crippen molar-refractivity contribution in [2.24, 2.45) is 0 Å². The third kappa shape index (κ3) is 4.62. The van der Waals surface area contributed by atoms with Gasteiger partial charge in [0.05, 0.1) is 0 Å². The summed E-state index contributed by atoms with van der Waals surface area (Å²) in [6, 6.07) is 3.26. The number of phenolic OH excluding ortho intramolecular Hbond substituents is 1. The molecule has 0 heterocycles. The van der Waals surface area contributed by atoms with Crippen LogP contribution in [0.4, 0.5) is 13.2 Å². The highest BCUT2D eigenvalue weighted by Crippen LogP contribution is 2.32. The van der Waals surface area contributed by atoms with E-state index in [0.717, 1.165) is 12.1 Å². The first-order valence-corrected chi connectivity index (χ1v) is 4.57. The van der Waals surface area contributed by atoms with E-state index in [9.17, 15) is 23.1 Å². The first-order chi connectivity index (χ1) is 7.78. The van der Waals surface area contributed by atoms with Gasteiger partial charge in [0.25, 0.3) is 0 Å². The lowest BCUT2D eigenvalue weighted by molar-refractivity contribution is -0.275. The van der Waals surface area contributed by atoms with Crippen LogP contribution < -0.4 is 4.74 Å². The summed E-state index contributed by atoms with van der Waals surface area (Å²) < 4.78 is 39.1. The number of carboxylic acid groups (broad SMARTS) is 1. The minimum Gasteiger partial charge on any atom is -0.504 e. The fraction of sp³-hybridized carbons (Fsp3) is 0.300. The number of aromatic hydroxyl groups is 1. The number of carbonyl (C=O) groups is 1. The van der Waals surface area contributed by atoms with Gasteiger partial charge < -0.3 is 14.9 Å². The predicted octanol–water partition coefficient (Wildman–Crippen LogP) is 2.31. The van der Waals surface area contributed by atoms with Gasteiger partial charge in [0, 0.05) is 6.42 Å². The van der Waals surface area contributed by atoms with Crippen LogP contribution >= 0.6 is 0 Å². The molecule has 0 aliphatic heterocycles. The summed E-state index contributed by atoms with van der Waals surface area (Å²) in [6.07, 6.45) is -4.92. The number of phenols is 1. The van der Waals surface area contributed by atoms with Crippen LogP contribution in [0.5, 0.6) is 11.5 Å². The van der Waals surface area contributed by atoms with Crippen molar-refractivity contribution in [2.45, 2.75) is 19.2 Å². The highest BCUT2D eigenvalue weighted by molar-refractivity contribution is 5.67. The van der Waals surface area contributed by atoms with Gasteiger partial charge in [0.2, 0.25) is 0 Å². The second kappa shape index (κ2) is 4.94. The highest BCUT2D eigenvalue weighted by atomic mass is 19.4. The molecule has 0 aliphatic rings. The molecule has 0 radical (unpaired) electrons. The van der Waals surface area contributed by atoms with Crippen LogP contribution in [0.15, 0.2) is 18.2 Å². The molecule has 0 bridgehead atoms. The molecule has 0 amide bonds. The Labute approximate surface area is 94.3 Å². The Morgan fingerprint density at radius 3 is 2.47 bits per heavy atom. The Morgan fingerprint density at radius 2 is 2.00 bits per heavy atom. The Kier molecular flexibility index (Phi) is 3.82. The van der Waals surface area contributed by atoms with Crippen molar-refractivity contribution in [3.05, 3.63) is 23.8 Å². The number of hydrogen-bond acceptors (Lipinski definition) is 3. The first kappa shape index (κ1) is 13.1. The average molecular weight is 250 g/mol. The molecule has 7 heteroatoms. The van der Waals surface area contributed by atoms with E-state index >= 15 is 0 Å². The van der Waals surface area contributed by atoms with Crippen molar-refractivity contribution in [2.75, 3.05) is 0 Å². The van der Waals surface area contributed by atoms with Crippen LogP contribution in [0.1, 0.15) is 12.0 Å². The number of rotatable bonds is 4. The van der Waals surface area contributed by atoms with Crippen LogP contribution in [0.3, 0.4) is 0 Å².